The number of rotatable bonds is 4. The van der Waals surface area contributed by atoms with E-state index in [1.54, 1.807) is 0 Å². The molecule has 0 aromatic heterocycles. The highest BCUT2D eigenvalue weighted by molar-refractivity contribution is 5.95. The fraction of sp³-hybridized carbons (Fsp3) is 0.500. The third-order valence-corrected chi connectivity index (χ3v) is 4.06. The van der Waals surface area contributed by atoms with Crippen LogP contribution in [0.5, 0.6) is 5.75 Å². The highest BCUT2D eigenvalue weighted by atomic mass is 19.1. The van der Waals surface area contributed by atoms with Gasteiger partial charge in [0.05, 0.1) is 13.0 Å². The molecule has 120 valence electrons. The monoisotopic (exact) mass is 309 g/mol. The largest absolute Gasteiger partial charge is 0.494 e. The van der Waals surface area contributed by atoms with Crippen molar-refractivity contribution in [2.24, 2.45) is 5.92 Å². The molecule has 0 spiro atoms. The number of hydrogen-bond donors (Lipinski definition) is 2. The second kappa shape index (κ2) is 7.24. The average molecular weight is 309 g/mol. The lowest BCUT2D eigenvalue weighted by Gasteiger charge is -2.23. The lowest BCUT2D eigenvalue weighted by Crippen LogP contribution is -2.42. The molecule has 5 nitrogen and oxygen atoms in total. The van der Waals surface area contributed by atoms with Gasteiger partial charge in [-0.15, -0.1) is 0 Å². The Morgan fingerprint density at radius 2 is 2.00 bits per heavy atom. The molecular formula is C16H20FNO4. The minimum Gasteiger partial charge on any atom is -0.494 e. The number of aliphatic carboxylic acids is 1. The van der Waals surface area contributed by atoms with Crippen LogP contribution in [0.4, 0.5) is 4.39 Å². The van der Waals surface area contributed by atoms with Crippen molar-refractivity contribution in [1.82, 2.24) is 5.32 Å². The Morgan fingerprint density at radius 1 is 1.27 bits per heavy atom. The van der Waals surface area contributed by atoms with Gasteiger partial charge < -0.3 is 15.2 Å². The van der Waals surface area contributed by atoms with Crippen LogP contribution >= 0.6 is 0 Å². The summed E-state index contributed by atoms with van der Waals surface area (Å²) in [6.45, 7) is 0. The predicted molar refractivity (Wildman–Crippen MR) is 78.4 cm³/mol. The van der Waals surface area contributed by atoms with Gasteiger partial charge in [-0.25, -0.2) is 4.39 Å². The molecule has 1 aromatic carbocycles. The molecule has 1 amide bonds. The van der Waals surface area contributed by atoms with Gasteiger partial charge in [-0.3, -0.25) is 9.59 Å². The van der Waals surface area contributed by atoms with Crippen LogP contribution in [0.3, 0.4) is 0 Å². The van der Waals surface area contributed by atoms with Gasteiger partial charge in [-0.2, -0.15) is 0 Å². The van der Waals surface area contributed by atoms with E-state index in [9.17, 15) is 19.1 Å². The van der Waals surface area contributed by atoms with Crippen LogP contribution in [-0.2, 0) is 4.79 Å². The standard InChI is InChI=1S/C16H20FNO4/c1-22-14-9-10(7-8-12(14)17)15(19)18-13-6-4-2-3-5-11(13)16(20)21/h7-9,11,13H,2-6H2,1H3,(H,18,19)(H,20,21)/t11-,13+/m1/s1. The van der Waals surface area contributed by atoms with Crippen molar-refractivity contribution in [3.8, 4) is 5.75 Å². The normalized spacial score (nSPS) is 21.7. The molecule has 0 saturated heterocycles. The number of amides is 1. The third-order valence-electron chi connectivity index (χ3n) is 4.06. The van der Waals surface area contributed by atoms with E-state index in [1.165, 1.54) is 19.2 Å². The smallest absolute Gasteiger partial charge is 0.308 e. The number of benzene rings is 1. The van der Waals surface area contributed by atoms with Crippen LogP contribution in [0.2, 0.25) is 0 Å². The molecule has 1 aromatic rings. The van der Waals surface area contributed by atoms with Gasteiger partial charge in [0.25, 0.3) is 5.91 Å². The summed E-state index contributed by atoms with van der Waals surface area (Å²) in [5, 5.41) is 12.1. The second-order valence-corrected chi connectivity index (χ2v) is 5.51. The van der Waals surface area contributed by atoms with E-state index < -0.39 is 29.7 Å². The Morgan fingerprint density at radius 3 is 2.68 bits per heavy atom. The van der Waals surface area contributed by atoms with E-state index in [-0.39, 0.29) is 11.3 Å². The van der Waals surface area contributed by atoms with E-state index in [2.05, 4.69) is 5.32 Å². The Hall–Kier alpha value is -2.11. The highest BCUT2D eigenvalue weighted by Gasteiger charge is 2.30. The predicted octanol–water partition coefficient (Wildman–Crippen LogP) is 2.60. The number of methoxy groups -OCH3 is 1. The van der Waals surface area contributed by atoms with E-state index >= 15 is 0 Å². The summed E-state index contributed by atoms with van der Waals surface area (Å²) in [6, 6.07) is 3.44. The molecule has 0 unspecified atom stereocenters. The Labute approximate surface area is 128 Å². The van der Waals surface area contributed by atoms with Gasteiger partial charge >= 0.3 is 5.97 Å². The molecule has 6 heteroatoms. The summed E-state index contributed by atoms with van der Waals surface area (Å²) in [5.74, 6) is -2.42. The molecule has 2 atom stereocenters. The zero-order valence-electron chi connectivity index (χ0n) is 12.5. The first kappa shape index (κ1) is 16.3. The van der Waals surface area contributed by atoms with E-state index in [1.807, 2.05) is 0 Å². The maximum absolute atomic E-state index is 13.4. The quantitative estimate of drug-likeness (QED) is 0.838. The van der Waals surface area contributed by atoms with Crippen LogP contribution in [0.15, 0.2) is 18.2 Å². The van der Waals surface area contributed by atoms with E-state index in [4.69, 9.17) is 4.74 Å². The van der Waals surface area contributed by atoms with Gasteiger partial charge in [-0.1, -0.05) is 19.3 Å². The SMILES string of the molecule is COc1cc(C(=O)N[C@H]2CCCCC[C@H]2C(=O)O)ccc1F. The molecular weight excluding hydrogens is 289 g/mol. The molecule has 0 radical (unpaired) electrons. The van der Waals surface area contributed by atoms with Crippen LogP contribution < -0.4 is 10.1 Å². The lowest BCUT2D eigenvalue weighted by molar-refractivity contribution is -0.142. The number of ether oxygens (including phenoxy) is 1. The van der Waals surface area contributed by atoms with Crippen molar-refractivity contribution < 1.29 is 23.8 Å². The first-order valence-corrected chi connectivity index (χ1v) is 7.40. The third kappa shape index (κ3) is 3.75. The molecule has 2 rings (SSSR count). The van der Waals surface area contributed by atoms with Crippen molar-refractivity contribution in [3.63, 3.8) is 0 Å². The molecule has 0 heterocycles. The van der Waals surface area contributed by atoms with Crippen molar-refractivity contribution >= 4 is 11.9 Å². The Kier molecular flexibility index (Phi) is 5.35. The number of carbonyl (C=O) groups excluding carboxylic acids is 1. The van der Waals surface area contributed by atoms with Crippen LogP contribution in [0, 0.1) is 11.7 Å². The highest BCUT2D eigenvalue weighted by Crippen LogP contribution is 2.25. The van der Waals surface area contributed by atoms with Gasteiger partial charge in [0, 0.05) is 11.6 Å². The Balaban J connectivity index is 2.13. The number of carbonyl (C=O) groups is 2. The topological polar surface area (TPSA) is 75.6 Å². The maximum atomic E-state index is 13.4. The molecule has 1 saturated carbocycles. The van der Waals surface area contributed by atoms with Crippen molar-refractivity contribution in [3.05, 3.63) is 29.6 Å². The van der Waals surface area contributed by atoms with Gasteiger partial charge in [-0.05, 0) is 31.0 Å². The minimum atomic E-state index is -0.885. The molecule has 0 aliphatic heterocycles. The number of halogens is 1. The molecule has 1 aliphatic rings. The van der Waals surface area contributed by atoms with Crippen molar-refractivity contribution in [1.29, 1.82) is 0 Å². The Bertz CT molecular complexity index is 561. The molecule has 1 aliphatic carbocycles. The van der Waals surface area contributed by atoms with Crippen LogP contribution in [-0.4, -0.2) is 30.1 Å². The minimum absolute atomic E-state index is 0.0108. The molecule has 22 heavy (non-hydrogen) atoms. The summed E-state index contributed by atoms with van der Waals surface area (Å²) in [7, 11) is 1.33. The van der Waals surface area contributed by atoms with Crippen LogP contribution in [0.25, 0.3) is 0 Å². The van der Waals surface area contributed by atoms with Crippen molar-refractivity contribution in [2.45, 2.75) is 38.1 Å². The van der Waals surface area contributed by atoms with Gasteiger partial charge in [0.15, 0.2) is 11.6 Å². The number of hydrogen-bond acceptors (Lipinski definition) is 3. The average Bonchev–Trinajstić information content (AvgIpc) is 2.73. The first-order valence-electron chi connectivity index (χ1n) is 7.40. The van der Waals surface area contributed by atoms with Gasteiger partial charge in [0.1, 0.15) is 0 Å². The fourth-order valence-corrected chi connectivity index (χ4v) is 2.83. The lowest BCUT2D eigenvalue weighted by atomic mass is 9.94. The second-order valence-electron chi connectivity index (χ2n) is 5.51. The van der Waals surface area contributed by atoms with Gasteiger partial charge in [0.2, 0.25) is 0 Å². The molecule has 1 fully saturated rings. The summed E-state index contributed by atoms with van der Waals surface area (Å²) < 4.78 is 18.2. The summed E-state index contributed by atoms with van der Waals surface area (Å²) >= 11 is 0. The fourth-order valence-electron chi connectivity index (χ4n) is 2.83. The summed E-state index contributed by atoms with van der Waals surface area (Å²) in [5.41, 5.74) is 0.256. The maximum Gasteiger partial charge on any atom is 0.308 e. The van der Waals surface area contributed by atoms with E-state index in [0.29, 0.717) is 12.8 Å². The zero-order valence-corrected chi connectivity index (χ0v) is 12.5. The first-order chi connectivity index (χ1) is 10.5. The van der Waals surface area contributed by atoms with Crippen molar-refractivity contribution in [2.75, 3.05) is 7.11 Å². The number of carboxylic acids is 1. The summed E-state index contributed by atoms with van der Waals surface area (Å²) in [4.78, 5) is 23.7. The summed E-state index contributed by atoms with van der Waals surface area (Å²) in [6.07, 6.45) is 3.92. The van der Waals surface area contributed by atoms with E-state index in [0.717, 1.165) is 25.3 Å². The number of carboxylic acid groups (broad SMARTS) is 1. The zero-order chi connectivity index (χ0) is 16.1. The number of nitrogens with one attached hydrogen (secondary N) is 1. The molecule has 2 N–H and O–H groups in total. The molecule has 0 bridgehead atoms. The van der Waals surface area contributed by atoms with Crippen LogP contribution in [0.1, 0.15) is 42.5 Å².